The summed E-state index contributed by atoms with van der Waals surface area (Å²) < 4.78 is 28.7. The summed E-state index contributed by atoms with van der Waals surface area (Å²) in [7, 11) is 0. The smallest absolute Gasteiger partial charge is 0.387 e. The summed E-state index contributed by atoms with van der Waals surface area (Å²) in [5.41, 5.74) is 1.58. The van der Waals surface area contributed by atoms with Gasteiger partial charge in [0.25, 0.3) is 0 Å². The van der Waals surface area contributed by atoms with Crippen molar-refractivity contribution in [1.82, 2.24) is 4.98 Å². The van der Waals surface area contributed by atoms with Gasteiger partial charge >= 0.3 is 6.61 Å². The molecule has 2 nitrogen and oxygen atoms in total. The normalized spacial score (nSPS) is 11.5. The van der Waals surface area contributed by atoms with Gasteiger partial charge in [0, 0.05) is 11.1 Å². The first-order chi connectivity index (χ1) is 8.95. The largest absolute Gasteiger partial charge is 0.435 e. The Bertz CT molecular complexity index is 587. The number of pyridine rings is 1. The summed E-state index contributed by atoms with van der Waals surface area (Å²) in [4.78, 5) is 4.47. The van der Waals surface area contributed by atoms with Gasteiger partial charge < -0.3 is 4.74 Å². The summed E-state index contributed by atoms with van der Waals surface area (Å²) in [6.45, 7) is 1.35. The van der Waals surface area contributed by atoms with Gasteiger partial charge in [-0.2, -0.15) is 8.78 Å². The predicted octanol–water partition coefficient (Wildman–Crippen LogP) is 4.69. The van der Waals surface area contributed by atoms with Gasteiger partial charge in [-0.05, 0) is 36.6 Å². The van der Waals surface area contributed by atoms with E-state index in [1.54, 1.807) is 12.1 Å². The van der Waals surface area contributed by atoms with Crippen molar-refractivity contribution in [2.45, 2.75) is 26.9 Å². The highest BCUT2D eigenvalue weighted by Gasteiger charge is 2.09. The number of hydrogen-bond donors (Lipinski definition) is 0. The lowest BCUT2D eigenvalue weighted by molar-refractivity contribution is -0.0497. The molecule has 1 aromatic heterocycles. The third-order valence-electron chi connectivity index (χ3n) is 2.63. The molecule has 102 valence electrons. The lowest BCUT2D eigenvalue weighted by atomic mass is 10.1. The summed E-state index contributed by atoms with van der Waals surface area (Å²) in [5, 5.41) is 1.12. The van der Waals surface area contributed by atoms with Crippen LogP contribution in [-0.4, -0.2) is 11.6 Å². The van der Waals surface area contributed by atoms with Gasteiger partial charge in [-0.1, -0.05) is 25.4 Å². The fraction of sp³-hybridized carbons (Fsp3) is 0.357. The molecule has 5 heteroatoms. The van der Waals surface area contributed by atoms with E-state index in [2.05, 4.69) is 23.6 Å². The van der Waals surface area contributed by atoms with Crippen LogP contribution in [0, 0.1) is 5.92 Å². The topological polar surface area (TPSA) is 22.1 Å². The minimum Gasteiger partial charge on any atom is -0.435 e. The van der Waals surface area contributed by atoms with Gasteiger partial charge in [0.1, 0.15) is 5.75 Å². The van der Waals surface area contributed by atoms with Crippen molar-refractivity contribution in [2.24, 2.45) is 5.92 Å². The van der Waals surface area contributed by atoms with Gasteiger partial charge in [0.05, 0.1) is 10.5 Å². The van der Waals surface area contributed by atoms with Gasteiger partial charge in [-0.15, -0.1) is 0 Å². The lowest BCUT2D eigenvalue weighted by Gasteiger charge is -2.09. The quantitative estimate of drug-likeness (QED) is 0.813. The molecular weight excluding hydrogens is 272 g/mol. The summed E-state index contributed by atoms with van der Waals surface area (Å²) in [5.74, 6) is 0.560. The van der Waals surface area contributed by atoms with E-state index in [0.717, 1.165) is 12.1 Å². The lowest BCUT2D eigenvalue weighted by Crippen LogP contribution is -2.02. The van der Waals surface area contributed by atoms with Gasteiger partial charge in [-0.3, -0.25) is 4.98 Å². The van der Waals surface area contributed by atoms with Crippen LogP contribution >= 0.6 is 11.6 Å². The van der Waals surface area contributed by atoms with E-state index in [-0.39, 0.29) is 5.75 Å². The molecule has 0 aliphatic heterocycles. The van der Waals surface area contributed by atoms with Crippen molar-refractivity contribution >= 4 is 22.5 Å². The highest BCUT2D eigenvalue weighted by Crippen LogP contribution is 2.28. The van der Waals surface area contributed by atoms with Crippen LogP contribution in [0.15, 0.2) is 24.3 Å². The molecule has 0 unspecified atom stereocenters. The molecule has 0 bridgehead atoms. The highest BCUT2D eigenvalue weighted by molar-refractivity contribution is 6.35. The molecule has 2 aromatic rings. The number of aromatic nitrogens is 1. The molecule has 0 saturated heterocycles. The molecule has 0 fully saturated rings. The minimum atomic E-state index is -2.84. The number of ether oxygens (including phenoxy) is 1. The average molecular weight is 286 g/mol. The number of fused-ring (bicyclic) bond motifs is 1. The second-order valence-electron chi connectivity index (χ2n) is 4.75. The molecule has 0 saturated carbocycles. The maximum Gasteiger partial charge on any atom is 0.387 e. The van der Waals surface area contributed by atoms with Gasteiger partial charge in [0.2, 0.25) is 0 Å². The van der Waals surface area contributed by atoms with Crippen LogP contribution < -0.4 is 4.74 Å². The molecule has 19 heavy (non-hydrogen) atoms. The van der Waals surface area contributed by atoms with Crippen LogP contribution in [0.3, 0.4) is 0 Å². The Morgan fingerprint density at radius 2 is 2.00 bits per heavy atom. The Kier molecular flexibility index (Phi) is 4.20. The first-order valence-corrected chi connectivity index (χ1v) is 6.37. The monoisotopic (exact) mass is 285 g/mol. The van der Waals surface area contributed by atoms with E-state index < -0.39 is 6.61 Å². The Labute approximate surface area is 115 Å². The molecule has 0 atom stereocenters. The van der Waals surface area contributed by atoms with E-state index in [0.29, 0.717) is 21.8 Å². The van der Waals surface area contributed by atoms with Crippen molar-refractivity contribution in [3.05, 3.63) is 35.0 Å². The van der Waals surface area contributed by atoms with Crippen molar-refractivity contribution in [3.63, 3.8) is 0 Å². The van der Waals surface area contributed by atoms with E-state index in [1.807, 2.05) is 0 Å². The first-order valence-electron chi connectivity index (χ1n) is 5.99. The van der Waals surface area contributed by atoms with Gasteiger partial charge in [-0.25, -0.2) is 0 Å². The van der Waals surface area contributed by atoms with E-state index in [4.69, 9.17) is 11.6 Å². The molecule has 0 radical (unpaired) electrons. The fourth-order valence-corrected chi connectivity index (χ4v) is 2.19. The fourth-order valence-electron chi connectivity index (χ4n) is 1.91. The molecular formula is C14H14ClF2NO. The van der Waals surface area contributed by atoms with E-state index >= 15 is 0 Å². The zero-order chi connectivity index (χ0) is 14.0. The molecule has 0 amide bonds. The number of hydrogen-bond acceptors (Lipinski definition) is 2. The Balaban J connectivity index is 2.41. The zero-order valence-electron chi connectivity index (χ0n) is 10.7. The maximum atomic E-state index is 12.2. The molecule has 0 aliphatic rings. The standard InChI is InChI=1S/C14H14ClF2NO/c1-8(2)5-9-6-12(15)11-7-10(19-14(16)17)3-4-13(11)18-9/h3-4,6-8,14H,5H2,1-2H3. The SMILES string of the molecule is CC(C)Cc1cc(Cl)c2cc(OC(F)F)ccc2n1. The van der Waals surface area contributed by atoms with Crippen LogP contribution in [0.25, 0.3) is 10.9 Å². The van der Waals surface area contributed by atoms with Gasteiger partial charge in [0.15, 0.2) is 0 Å². The molecule has 2 rings (SSSR count). The van der Waals surface area contributed by atoms with E-state index in [9.17, 15) is 8.78 Å². The van der Waals surface area contributed by atoms with Crippen molar-refractivity contribution in [2.75, 3.05) is 0 Å². The van der Waals surface area contributed by atoms with Crippen LogP contribution in [0.5, 0.6) is 5.75 Å². The molecule has 1 heterocycles. The van der Waals surface area contributed by atoms with Crippen molar-refractivity contribution < 1.29 is 13.5 Å². The number of alkyl halides is 2. The van der Waals surface area contributed by atoms with Crippen molar-refractivity contribution in [3.8, 4) is 5.75 Å². The molecule has 1 aromatic carbocycles. The average Bonchev–Trinajstić information content (AvgIpc) is 2.28. The number of rotatable bonds is 4. The minimum absolute atomic E-state index is 0.0859. The third kappa shape index (κ3) is 3.53. The van der Waals surface area contributed by atoms with E-state index in [1.165, 1.54) is 12.1 Å². The zero-order valence-corrected chi connectivity index (χ0v) is 11.4. The Morgan fingerprint density at radius 3 is 2.63 bits per heavy atom. The molecule has 0 aliphatic carbocycles. The Hall–Kier alpha value is -1.42. The molecule has 0 N–H and O–H groups in total. The van der Waals surface area contributed by atoms with Crippen LogP contribution in [0.2, 0.25) is 5.02 Å². The Morgan fingerprint density at radius 1 is 1.26 bits per heavy atom. The third-order valence-corrected chi connectivity index (χ3v) is 2.94. The second kappa shape index (κ2) is 5.70. The summed E-state index contributed by atoms with van der Waals surface area (Å²) in [6, 6.07) is 6.37. The maximum absolute atomic E-state index is 12.2. The number of nitrogens with zero attached hydrogens (tertiary/aromatic N) is 1. The van der Waals surface area contributed by atoms with Crippen LogP contribution in [0.4, 0.5) is 8.78 Å². The van der Waals surface area contributed by atoms with Crippen LogP contribution in [0.1, 0.15) is 19.5 Å². The first kappa shape index (κ1) is 14.0. The summed E-state index contributed by atoms with van der Waals surface area (Å²) in [6.07, 6.45) is 0.824. The summed E-state index contributed by atoms with van der Waals surface area (Å²) >= 11 is 6.17. The highest BCUT2D eigenvalue weighted by atomic mass is 35.5. The number of halogens is 3. The second-order valence-corrected chi connectivity index (χ2v) is 5.16. The van der Waals surface area contributed by atoms with Crippen LogP contribution in [-0.2, 0) is 6.42 Å². The molecule has 0 spiro atoms. The predicted molar refractivity (Wildman–Crippen MR) is 71.9 cm³/mol. The van der Waals surface area contributed by atoms with Crippen molar-refractivity contribution in [1.29, 1.82) is 0 Å². The number of benzene rings is 1.